The summed E-state index contributed by atoms with van der Waals surface area (Å²) in [5, 5.41) is 21.3. The summed E-state index contributed by atoms with van der Waals surface area (Å²) in [6.45, 7) is 1.77. The number of carbonyl (C=O) groups is 2. The van der Waals surface area contributed by atoms with Gasteiger partial charge in [-0.3, -0.25) is 4.79 Å². The molecular formula is C13H12N2O6S. The van der Waals surface area contributed by atoms with E-state index in [0.717, 1.165) is 0 Å². The molecule has 0 saturated carbocycles. The molecule has 2 aromatic heterocycles. The van der Waals surface area contributed by atoms with Gasteiger partial charge >= 0.3 is 11.9 Å². The number of carboxylic acids is 2. The molecule has 0 amide bonds. The maximum Gasteiger partial charge on any atom is 0.344 e. The lowest BCUT2D eigenvalue weighted by atomic mass is 10.2. The van der Waals surface area contributed by atoms with Crippen LogP contribution in [0.4, 0.5) is 0 Å². The summed E-state index contributed by atoms with van der Waals surface area (Å²) < 4.78 is 1.67. The van der Waals surface area contributed by atoms with Gasteiger partial charge in [0.05, 0.1) is 16.5 Å². The van der Waals surface area contributed by atoms with E-state index < -0.39 is 24.0 Å². The molecule has 8 nitrogen and oxygen atoms in total. The first-order valence-electron chi connectivity index (χ1n) is 6.21. The van der Waals surface area contributed by atoms with Gasteiger partial charge in [0.1, 0.15) is 10.4 Å². The number of thiophene rings is 1. The number of rotatable bonds is 6. The lowest BCUT2D eigenvalue weighted by Gasteiger charge is -2.05. The van der Waals surface area contributed by atoms with Crippen molar-refractivity contribution < 1.29 is 24.6 Å². The second-order valence-corrected chi connectivity index (χ2v) is 5.29. The van der Waals surface area contributed by atoms with Crippen LogP contribution in [-0.2, 0) is 16.2 Å². The Morgan fingerprint density at radius 1 is 1.45 bits per heavy atom. The van der Waals surface area contributed by atoms with Crippen LogP contribution in [0, 0.1) is 0 Å². The third-order valence-electron chi connectivity index (χ3n) is 2.78. The molecule has 2 rings (SSSR count). The van der Waals surface area contributed by atoms with E-state index in [1.807, 2.05) is 6.92 Å². The number of aliphatic carboxylic acids is 1. The molecule has 0 aliphatic heterocycles. The minimum Gasteiger partial charge on any atom is -0.479 e. The average Bonchev–Trinajstić information content (AvgIpc) is 2.88. The second-order valence-electron chi connectivity index (χ2n) is 4.23. The largest absolute Gasteiger partial charge is 0.479 e. The maximum absolute atomic E-state index is 12.1. The fourth-order valence-electron chi connectivity index (χ4n) is 1.83. The Labute approximate surface area is 127 Å². The first kappa shape index (κ1) is 15.7. The molecule has 22 heavy (non-hydrogen) atoms. The van der Waals surface area contributed by atoms with Gasteiger partial charge in [-0.1, -0.05) is 5.16 Å². The normalized spacial score (nSPS) is 11.1. The SMILES string of the molecule is CCn1cc(C(=O)O)c(=O)c2cc(/C=N/OCC(=O)O)sc21. The molecule has 2 N–H and O–H groups in total. The highest BCUT2D eigenvalue weighted by Gasteiger charge is 2.16. The van der Waals surface area contributed by atoms with Gasteiger partial charge in [0, 0.05) is 12.7 Å². The van der Waals surface area contributed by atoms with Crippen LogP contribution in [0.1, 0.15) is 22.2 Å². The number of nitrogens with zero attached hydrogens (tertiary/aromatic N) is 2. The zero-order chi connectivity index (χ0) is 16.3. The molecular weight excluding hydrogens is 312 g/mol. The van der Waals surface area contributed by atoms with Crippen LogP contribution in [0.2, 0.25) is 0 Å². The van der Waals surface area contributed by atoms with Crippen LogP contribution in [0.15, 0.2) is 22.2 Å². The predicted molar refractivity (Wildman–Crippen MR) is 79.9 cm³/mol. The molecule has 0 radical (unpaired) electrons. The van der Waals surface area contributed by atoms with Crippen molar-refractivity contribution in [1.29, 1.82) is 0 Å². The Kier molecular flexibility index (Phi) is 4.56. The zero-order valence-electron chi connectivity index (χ0n) is 11.5. The van der Waals surface area contributed by atoms with E-state index >= 15 is 0 Å². The fraction of sp³-hybridized carbons (Fsp3) is 0.231. The Morgan fingerprint density at radius 2 is 2.18 bits per heavy atom. The quantitative estimate of drug-likeness (QED) is 0.609. The molecule has 0 aliphatic carbocycles. The van der Waals surface area contributed by atoms with Crippen molar-refractivity contribution in [3.8, 4) is 0 Å². The number of hydrogen-bond acceptors (Lipinski definition) is 6. The first-order chi connectivity index (χ1) is 10.4. The summed E-state index contributed by atoms with van der Waals surface area (Å²) in [6, 6.07) is 1.51. The third-order valence-corrected chi connectivity index (χ3v) is 3.89. The Bertz CT molecular complexity index is 820. The van der Waals surface area contributed by atoms with Crippen LogP contribution in [0.25, 0.3) is 10.2 Å². The third kappa shape index (κ3) is 3.14. The van der Waals surface area contributed by atoms with Crippen molar-refractivity contribution in [2.24, 2.45) is 5.16 Å². The number of carboxylic acid groups (broad SMARTS) is 2. The van der Waals surface area contributed by atoms with Crippen LogP contribution in [0.5, 0.6) is 0 Å². The number of fused-ring (bicyclic) bond motifs is 1. The average molecular weight is 324 g/mol. The summed E-state index contributed by atoms with van der Waals surface area (Å²) in [4.78, 5) is 39.2. The smallest absolute Gasteiger partial charge is 0.344 e. The Balaban J connectivity index is 2.45. The summed E-state index contributed by atoms with van der Waals surface area (Å²) in [7, 11) is 0. The lowest BCUT2D eigenvalue weighted by molar-refractivity contribution is -0.142. The zero-order valence-corrected chi connectivity index (χ0v) is 12.3. The molecule has 2 aromatic rings. The predicted octanol–water partition coefficient (Wildman–Crippen LogP) is 1.22. The molecule has 0 saturated heterocycles. The van der Waals surface area contributed by atoms with Crippen molar-refractivity contribution in [2.75, 3.05) is 6.61 Å². The van der Waals surface area contributed by atoms with Gasteiger partial charge in [0.25, 0.3) is 0 Å². The molecule has 0 fully saturated rings. The molecule has 0 aromatic carbocycles. The topological polar surface area (TPSA) is 118 Å². The lowest BCUT2D eigenvalue weighted by Crippen LogP contribution is -2.17. The first-order valence-corrected chi connectivity index (χ1v) is 7.03. The van der Waals surface area contributed by atoms with E-state index in [-0.39, 0.29) is 10.9 Å². The second kappa shape index (κ2) is 6.39. The monoisotopic (exact) mass is 324 g/mol. The van der Waals surface area contributed by atoms with Crippen LogP contribution in [0.3, 0.4) is 0 Å². The van der Waals surface area contributed by atoms with E-state index in [1.165, 1.54) is 29.8 Å². The number of aryl methyl sites for hydroxylation is 1. The van der Waals surface area contributed by atoms with Gasteiger partial charge in [0.15, 0.2) is 0 Å². The summed E-state index contributed by atoms with van der Waals surface area (Å²) >= 11 is 1.24. The highest BCUT2D eigenvalue weighted by atomic mass is 32.1. The van der Waals surface area contributed by atoms with Crippen LogP contribution < -0.4 is 5.43 Å². The standard InChI is InChI=1S/C13H12N2O6S/c1-2-15-5-9(13(19)20)11(18)8-3-7(22-12(8)15)4-14-21-6-10(16)17/h3-5H,2,6H2,1H3,(H,16,17)(H,19,20)/b14-4+. The van der Waals surface area contributed by atoms with Crippen molar-refractivity contribution in [3.05, 3.63) is 32.9 Å². The van der Waals surface area contributed by atoms with Crippen LogP contribution >= 0.6 is 11.3 Å². The van der Waals surface area contributed by atoms with Gasteiger partial charge in [-0.2, -0.15) is 0 Å². The van der Waals surface area contributed by atoms with Gasteiger partial charge in [-0.15, -0.1) is 11.3 Å². The van der Waals surface area contributed by atoms with Crippen molar-refractivity contribution in [1.82, 2.24) is 4.57 Å². The summed E-state index contributed by atoms with van der Waals surface area (Å²) in [5.74, 6) is -2.43. The molecule has 116 valence electrons. The highest BCUT2D eigenvalue weighted by molar-refractivity contribution is 7.20. The van der Waals surface area contributed by atoms with Crippen molar-refractivity contribution >= 4 is 39.7 Å². The minimum absolute atomic E-state index is 0.284. The Hall–Kier alpha value is -2.68. The van der Waals surface area contributed by atoms with Crippen LogP contribution in [-0.4, -0.2) is 39.5 Å². The van der Waals surface area contributed by atoms with Crippen molar-refractivity contribution in [3.63, 3.8) is 0 Å². The van der Waals surface area contributed by atoms with E-state index in [4.69, 9.17) is 10.2 Å². The molecule has 0 spiro atoms. The molecule has 0 unspecified atom stereocenters. The maximum atomic E-state index is 12.1. The number of aromatic carboxylic acids is 1. The van der Waals surface area contributed by atoms with Gasteiger partial charge in [-0.25, -0.2) is 9.59 Å². The number of hydrogen-bond donors (Lipinski definition) is 2. The van der Waals surface area contributed by atoms with Gasteiger partial charge in [-0.05, 0) is 13.0 Å². The molecule has 2 heterocycles. The minimum atomic E-state index is -1.28. The highest BCUT2D eigenvalue weighted by Crippen LogP contribution is 2.23. The summed E-state index contributed by atoms with van der Waals surface area (Å²) in [5.41, 5.74) is -0.854. The number of pyridine rings is 1. The number of aromatic nitrogens is 1. The van der Waals surface area contributed by atoms with Gasteiger partial charge in [0.2, 0.25) is 12.0 Å². The van der Waals surface area contributed by atoms with E-state index in [9.17, 15) is 14.4 Å². The van der Waals surface area contributed by atoms with Gasteiger partial charge < -0.3 is 19.6 Å². The van der Waals surface area contributed by atoms with E-state index in [1.54, 1.807) is 4.57 Å². The van der Waals surface area contributed by atoms with E-state index in [2.05, 4.69) is 9.99 Å². The number of oxime groups is 1. The fourth-order valence-corrected chi connectivity index (χ4v) is 2.88. The van der Waals surface area contributed by atoms with E-state index in [0.29, 0.717) is 16.3 Å². The molecule has 9 heteroatoms. The summed E-state index contributed by atoms with van der Waals surface area (Å²) in [6.07, 6.45) is 2.60. The molecule has 0 bridgehead atoms. The van der Waals surface area contributed by atoms with Crippen molar-refractivity contribution in [2.45, 2.75) is 13.5 Å². The molecule has 0 aliphatic rings. The Morgan fingerprint density at radius 3 is 2.77 bits per heavy atom. The molecule has 0 atom stereocenters.